The molecule has 0 saturated carbocycles. The van der Waals surface area contributed by atoms with Crippen molar-refractivity contribution in [2.75, 3.05) is 6.54 Å². The van der Waals surface area contributed by atoms with Crippen LogP contribution in [0.1, 0.15) is 61.3 Å². The lowest BCUT2D eigenvalue weighted by Crippen LogP contribution is -2.60. The molecule has 0 amide bonds. The summed E-state index contributed by atoms with van der Waals surface area (Å²) >= 11 is 0. The minimum atomic E-state index is -0.486. The molecule has 1 aliphatic rings. The molecule has 0 spiro atoms. The Bertz CT molecular complexity index is 244. The summed E-state index contributed by atoms with van der Waals surface area (Å²) in [6.45, 7) is 16.6. The molecule has 1 rings (SSSR count). The van der Waals surface area contributed by atoms with Gasteiger partial charge in [-0.05, 0) is 46.0 Å². The van der Waals surface area contributed by atoms with Gasteiger partial charge < -0.3 is 5.11 Å². The highest BCUT2D eigenvalue weighted by molar-refractivity contribution is 4.98. The van der Waals surface area contributed by atoms with Gasteiger partial charge in [0.25, 0.3) is 0 Å². The Kier molecular flexibility index (Phi) is 3.49. The van der Waals surface area contributed by atoms with E-state index in [2.05, 4.69) is 46.4 Å². The molecule has 0 aromatic rings. The standard InChI is InChI=1S/C14H29NO/c1-12(2,3)11-10-14(7,16)8-9-15(11)13(4,5)6/h11,16H,8-10H2,1-7H3/t11-,14?/m0/s1. The Labute approximate surface area is 101 Å². The molecule has 0 bridgehead atoms. The molecule has 16 heavy (non-hydrogen) atoms. The number of piperidine rings is 1. The van der Waals surface area contributed by atoms with Gasteiger partial charge in [-0.2, -0.15) is 0 Å². The largest absolute Gasteiger partial charge is 0.390 e. The first-order chi connectivity index (χ1) is 6.93. The van der Waals surface area contributed by atoms with Crippen LogP contribution in [0.25, 0.3) is 0 Å². The van der Waals surface area contributed by atoms with Crippen LogP contribution in [0.5, 0.6) is 0 Å². The van der Waals surface area contributed by atoms with Crippen LogP contribution in [0.15, 0.2) is 0 Å². The van der Waals surface area contributed by atoms with Crippen molar-refractivity contribution in [3.63, 3.8) is 0 Å². The number of likely N-dealkylation sites (tertiary alicyclic amines) is 1. The van der Waals surface area contributed by atoms with Gasteiger partial charge in [0.05, 0.1) is 5.60 Å². The van der Waals surface area contributed by atoms with E-state index in [1.807, 2.05) is 6.92 Å². The molecular weight excluding hydrogens is 198 g/mol. The normalized spacial score (nSPS) is 34.1. The van der Waals surface area contributed by atoms with Crippen molar-refractivity contribution in [2.24, 2.45) is 5.41 Å². The maximum atomic E-state index is 10.3. The molecule has 0 aromatic heterocycles. The van der Waals surface area contributed by atoms with Crippen LogP contribution in [0.2, 0.25) is 0 Å². The summed E-state index contributed by atoms with van der Waals surface area (Å²) in [6, 6.07) is 0.455. The van der Waals surface area contributed by atoms with Gasteiger partial charge in [0, 0.05) is 18.1 Å². The first kappa shape index (κ1) is 14.0. The number of hydrogen-bond donors (Lipinski definition) is 1. The maximum absolute atomic E-state index is 10.3. The van der Waals surface area contributed by atoms with Crippen molar-refractivity contribution in [3.8, 4) is 0 Å². The summed E-state index contributed by atoms with van der Waals surface area (Å²) in [5.74, 6) is 0. The second-order valence-corrected chi connectivity index (χ2v) is 7.70. The van der Waals surface area contributed by atoms with Crippen LogP contribution in [-0.2, 0) is 0 Å². The molecule has 2 atom stereocenters. The lowest BCUT2D eigenvalue weighted by Gasteiger charge is -2.53. The van der Waals surface area contributed by atoms with Gasteiger partial charge in [-0.3, -0.25) is 4.90 Å². The van der Waals surface area contributed by atoms with E-state index in [0.717, 1.165) is 19.4 Å². The average Bonchev–Trinajstić information content (AvgIpc) is 1.97. The van der Waals surface area contributed by atoms with Crippen molar-refractivity contribution < 1.29 is 5.11 Å². The van der Waals surface area contributed by atoms with Gasteiger partial charge in [0.1, 0.15) is 0 Å². The third-order valence-corrected chi connectivity index (χ3v) is 3.76. The van der Waals surface area contributed by atoms with Gasteiger partial charge >= 0.3 is 0 Å². The average molecular weight is 227 g/mol. The highest BCUT2D eigenvalue weighted by Gasteiger charge is 2.43. The van der Waals surface area contributed by atoms with E-state index in [-0.39, 0.29) is 11.0 Å². The van der Waals surface area contributed by atoms with E-state index in [9.17, 15) is 5.11 Å². The predicted molar refractivity (Wildman–Crippen MR) is 69.6 cm³/mol. The Morgan fingerprint density at radius 2 is 1.62 bits per heavy atom. The SMILES string of the molecule is CC1(O)CCN(C(C)(C)C)[C@H](C(C)(C)C)C1. The molecule has 1 saturated heterocycles. The van der Waals surface area contributed by atoms with Gasteiger partial charge in [0.15, 0.2) is 0 Å². The van der Waals surface area contributed by atoms with E-state index in [1.165, 1.54) is 0 Å². The van der Waals surface area contributed by atoms with Crippen molar-refractivity contribution in [2.45, 2.75) is 78.5 Å². The van der Waals surface area contributed by atoms with Crippen molar-refractivity contribution in [1.29, 1.82) is 0 Å². The van der Waals surface area contributed by atoms with Gasteiger partial charge in [-0.15, -0.1) is 0 Å². The molecule has 1 N–H and O–H groups in total. The molecular formula is C14H29NO. The van der Waals surface area contributed by atoms with Crippen LogP contribution in [0.4, 0.5) is 0 Å². The molecule has 2 nitrogen and oxygen atoms in total. The minimum absolute atomic E-state index is 0.189. The fraction of sp³-hybridized carbons (Fsp3) is 1.00. The Hall–Kier alpha value is -0.0800. The fourth-order valence-electron chi connectivity index (χ4n) is 2.72. The monoisotopic (exact) mass is 227 g/mol. The van der Waals surface area contributed by atoms with Crippen molar-refractivity contribution >= 4 is 0 Å². The van der Waals surface area contributed by atoms with Gasteiger partial charge in [-0.1, -0.05) is 20.8 Å². The minimum Gasteiger partial charge on any atom is -0.390 e. The Morgan fingerprint density at radius 1 is 1.12 bits per heavy atom. The third-order valence-electron chi connectivity index (χ3n) is 3.76. The topological polar surface area (TPSA) is 23.5 Å². The summed E-state index contributed by atoms with van der Waals surface area (Å²) in [5.41, 5.74) is -0.0775. The van der Waals surface area contributed by atoms with Crippen molar-refractivity contribution in [1.82, 2.24) is 4.90 Å². The predicted octanol–water partition coefficient (Wildman–Crippen LogP) is 3.05. The zero-order valence-electron chi connectivity index (χ0n) is 12.1. The second-order valence-electron chi connectivity index (χ2n) is 7.70. The number of hydrogen-bond acceptors (Lipinski definition) is 2. The van der Waals surface area contributed by atoms with E-state index in [1.54, 1.807) is 0 Å². The van der Waals surface area contributed by atoms with E-state index >= 15 is 0 Å². The number of nitrogens with zero attached hydrogens (tertiary/aromatic N) is 1. The summed E-state index contributed by atoms with van der Waals surface area (Å²) in [6.07, 6.45) is 1.77. The van der Waals surface area contributed by atoms with Crippen LogP contribution >= 0.6 is 0 Å². The number of rotatable bonds is 0. The van der Waals surface area contributed by atoms with E-state index in [4.69, 9.17) is 0 Å². The maximum Gasteiger partial charge on any atom is 0.0647 e. The van der Waals surface area contributed by atoms with E-state index in [0.29, 0.717) is 6.04 Å². The van der Waals surface area contributed by atoms with Gasteiger partial charge in [-0.25, -0.2) is 0 Å². The third kappa shape index (κ3) is 3.21. The molecule has 96 valence electrons. The molecule has 0 aliphatic carbocycles. The lowest BCUT2D eigenvalue weighted by molar-refractivity contribution is -0.0910. The Morgan fingerprint density at radius 3 is 2.00 bits per heavy atom. The summed E-state index contributed by atoms with van der Waals surface area (Å²) < 4.78 is 0. The molecule has 0 radical (unpaired) electrons. The molecule has 1 unspecified atom stereocenters. The van der Waals surface area contributed by atoms with Crippen LogP contribution in [0, 0.1) is 5.41 Å². The smallest absolute Gasteiger partial charge is 0.0647 e. The quantitative estimate of drug-likeness (QED) is 0.687. The second kappa shape index (κ2) is 3.99. The fourth-order valence-corrected chi connectivity index (χ4v) is 2.72. The molecule has 1 aliphatic heterocycles. The van der Waals surface area contributed by atoms with Crippen LogP contribution < -0.4 is 0 Å². The van der Waals surface area contributed by atoms with Crippen LogP contribution in [-0.4, -0.2) is 33.7 Å². The summed E-state index contributed by atoms with van der Waals surface area (Å²) in [4.78, 5) is 2.56. The summed E-state index contributed by atoms with van der Waals surface area (Å²) in [7, 11) is 0. The number of aliphatic hydroxyl groups is 1. The molecule has 2 heteroatoms. The highest BCUT2D eigenvalue weighted by Crippen LogP contribution is 2.39. The van der Waals surface area contributed by atoms with E-state index < -0.39 is 5.60 Å². The van der Waals surface area contributed by atoms with Crippen molar-refractivity contribution in [3.05, 3.63) is 0 Å². The van der Waals surface area contributed by atoms with Crippen LogP contribution in [0.3, 0.4) is 0 Å². The first-order valence-electron chi connectivity index (χ1n) is 6.43. The highest BCUT2D eigenvalue weighted by atomic mass is 16.3. The Balaban J connectivity index is 2.94. The molecule has 0 aromatic carbocycles. The zero-order chi connectivity index (χ0) is 12.8. The first-order valence-corrected chi connectivity index (χ1v) is 6.43. The summed E-state index contributed by atoms with van der Waals surface area (Å²) in [5, 5.41) is 10.3. The molecule has 1 heterocycles. The lowest BCUT2D eigenvalue weighted by atomic mass is 9.74. The molecule has 1 fully saturated rings. The zero-order valence-corrected chi connectivity index (χ0v) is 12.1. The van der Waals surface area contributed by atoms with Gasteiger partial charge in [0.2, 0.25) is 0 Å².